The summed E-state index contributed by atoms with van der Waals surface area (Å²) < 4.78 is 1.83. The Balaban J connectivity index is 1.94. The molecule has 1 atom stereocenters. The molecule has 2 aromatic heterocycles. The summed E-state index contributed by atoms with van der Waals surface area (Å²) in [5.74, 6) is 0.580. The Bertz CT molecular complexity index is 929. The number of aromatic amines is 1. The maximum atomic E-state index is 11.6. The minimum absolute atomic E-state index is 0.0137. The molecule has 0 spiro atoms. The van der Waals surface area contributed by atoms with Gasteiger partial charge in [-0.05, 0) is 37.5 Å². The van der Waals surface area contributed by atoms with Crippen LogP contribution in [0.2, 0.25) is 5.02 Å². The van der Waals surface area contributed by atoms with Gasteiger partial charge in [-0.15, -0.1) is 0 Å². The molecule has 3 rings (SSSR count). The van der Waals surface area contributed by atoms with Crippen LogP contribution < -0.4 is 5.56 Å². The van der Waals surface area contributed by atoms with Crippen molar-refractivity contribution in [3.8, 4) is 11.3 Å². The lowest BCUT2D eigenvalue weighted by Crippen LogP contribution is -2.09. The molecule has 1 aromatic carbocycles. The Morgan fingerprint density at radius 1 is 1.33 bits per heavy atom. The van der Waals surface area contributed by atoms with Gasteiger partial charge in [0.2, 0.25) is 0 Å². The van der Waals surface area contributed by atoms with E-state index in [2.05, 4.69) is 28.1 Å². The molecule has 5 nitrogen and oxygen atoms in total. The van der Waals surface area contributed by atoms with E-state index < -0.39 is 0 Å². The van der Waals surface area contributed by atoms with Crippen molar-refractivity contribution < 1.29 is 0 Å². The van der Waals surface area contributed by atoms with Gasteiger partial charge >= 0.3 is 0 Å². The zero-order valence-electron chi connectivity index (χ0n) is 13.9. The van der Waals surface area contributed by atoms with Crippen molar-refractivity contribution in [2.75, 3.05) is 0 Å². The molecule has 0 fully saturated rings. The van der Waals surface area contributed by atoms with Crippen LogP contribution in [0.5, 0.6) is 0 Å². The summed E-state index contributed by atoms with van der Waals surface area (Å²) in [6, 6.07) is 7.59. The normalized spacial score (nSPS) is 12.3. The van der Waals surface area contributed by atoms with Crippen LogP contribution in [0.1, 0.15) is 36.8 Å². The molecule has 0 bridgehead atoms. The summed E-state index contributed by atoms with van der Waals surface area (Å²) in [4.78, 5) is 18.6. The fourth-order valence-electron chi connectivity index (χ4n) is 2.68. The quantitative estimate of drug-likeness (QED) is 0.785. The second-order valence-electron chi connectivity index (χ2n) is 5.81. The van der Waals surface area contributed by atoms with Gasteiger partial charge in [-0.2, -0.15) is 5.10 Å². The number of aryl methyl sites for hydroxylation is 2. The summed E-state index contributed by atoms with van der Waals surface area (Å²) in [6.07, 6.45) is 4.55. The molecule has 6 heteroatoms. The number of benzene rings is 1. The number of rotatable bonds is 4. The van der Waals surface area contributed by atoms with Gasteiger partial charge in [-0.3, -0.25) is 9.48 Å². The number of nitrogens with zero attached hydrogens (tertiary/aromatic N) is 3. The molecule has 124 valence electrons. The summed E-state index contributed by atoms with van der Waals surface area (Å²) in [5.41, 5.74) is 3.47. The predicted octanol–water partition coefficient (Wildman–Crippen LogP) is 3.77. The standard InChI is InChI=1S/C18H19ClN4O/c1-4-13-5-6-15(16(19)7-13)11(2)23-10-14(9-20-23)17-8-18(24)22-12(3)21-17/h5-11H,4H2,1-3H3,(H,21,22,24)/t11-/m0/s1. The first-order chi connectivity index (χ1) is 11.5. The van der Waals surface area contributed by atoms with Crippen molar-refractivity contribution in [1.29, 1.82) is 0 Å². The molecule has 0 amide bonds. The predicted molar refractivity (Wildman–Crippen MR) is 95.5 cm³/mol. The Kier molecular flexibility index (Phi) is 4.53. The van der Waals surface area contributed by atoms with Gasteiger partial charge in [0.1, 0.15) is 5.82 Å². The van der Waals surface area contributed by atoms with Crippen molar-refractivity contribution in [2.24, 2.45) is 0 Å². The van der Waals surface area contributed by atoms with Crippen LogP contribution in [-0.4, -0.2) is 19.7 Å². The molecular weight excluding hydrogens is 324 g/mol. The highest BCUT2D eigenvalue weighted by molar-refractivity contribution is 6.31. The molecule has 0 aliphatic carbocycles. The number of hydrogen-bond donors (Lipinski definition) is 1. The summed E-state index contributed by atoms with van der Waals surface area (Å²) >= 11 is 6.42. The van der Waals surface area contributed by atoms with Gasteiger partial charge in [0.15, 0.2) is 0 Å². The molecule has 0 unspecified atom stereocenters. The fourth-order valence-corrected chi connectivity index (χ4v) is 3.04. The molecule has 1 N–H and O–H groups in total. The number of hydrogen-bond acceptors (Lipinski definition) is 3. The Labute approximate surface area is 145 Å². The van der Waals surface area contributed by atoms with E-state index in [0.717, 1.165) is 22.6 Å². The smallest absolute Gasteiger partial charge is 0.251 e. The first-order valence-electron chi connectivity index (χ1n) is 7.88. The molecule has 3 aromatic rings. The summed E-state index contributed by atoms with van der Waals surface area (Å²) in [5, 5.41) is 5.16. The molecule has 0 radical (unpaired) electrons. The number of halogens is 1. The van der Waals surface area contributed by atoms with Crippen molar-refractivity contribution in [3.63, 3.8) is 0 Å². The second kappa shape index (κ2) is 6.61. The number of aromatic nitrogens is 4. The van der Waals surface area contributed by atoms with Crippen LogP contribution in [-0.2, 0) is 6.42 Å². The first kappa shape index (κ1) is 16.5. The van der Waals surface area contributed by atoms with Crippen LogP contribution in [0.25, 0.3) is 11.3 Å². The van der Waals surface area contributed by atoms with E-state index in [0.29, 0.717) is 11.5 Å². The van der Waals surface area contributed by atoms with Gasteiger partial charge in [0.05, 0.1) is 17.9 Å². The lowest BCUT2D eigenvalue weighted by Gasteiger charge is -2.15. The zero-order valence-corrected chi connectivity index (χ0v) is 14.6. The van der Waals surface area contributed by atoms with Crippen molar-refractivity contribution in [1.82, 2.24) is 19.7 Å². The Morgan fingerprint density at radius 2 is 2.12 bits per heavy atom. The van der Waals surface area contributed by atoms with E-state index in [4.69, 9.17) is 11.6 Å². The Hall–Kier alpha value is -2.40. The van der Waals surface area contributed by atoms with Crippen LogP contribution in [0.15, 0.2) is 41.5 Å². The van der Waals surface area contributed by atoms with Crippen LogP contribution in [0.3, 0.4) is 0 Å². The molecule has 0 saturated carbocycles. The number of nitrogens with one attached hydrogen (secondary N) is 1. The number of H-pyrrole nitrogens is 1. The van der Waals surface area contributed by atoms with Crippen LogP contribution >= 0.6 is 11.6 Å². The monoisotopic (exact) mass is 342 g/mol. The van der Waals surface area contributed by atoms with Crippen LogP contribution in [0, 0.1) is 6.92 Å². The third kappa shape index (κ3) is 3.26. The molecule has 24 heavy (non-hydrogen) atoms. The zero-order chi connectivity index (χ0) is 17.3. The van der Waals surface area contributed by atoms with Gasteiger partial charge in [0.25, 0.3) is 5.56 Å². The molecule has 0 saturated heterocycles. The molecule has 2 heterocycles. The molecule has 0 aliphatic heterocycles. The van der Waals surface area contributed by atoms with Crippen molar-refractivity contribution in [2.45, 2.75) is 33.2 Å². The minimum atomic E-state index is -0.170. The van der Waals surface area contributed by atoms with Gasteiger partial charge in [0, 0.05) is 22.8 Å². The van der Waals surface area contributed by atoms with Gasteiger partial charge in [-0.25, -0.2) is 4.98 Å². The fraction of sp³-hybridized carbons (Fsp3) is 0.278. The van der Waals surface area contributed by atoms with E-state index >= 15 is 0 Å². The largest absolute Gasteiger partial charge is 0.311 e. The summed E-state index contributed by atoms with van der Waals surface area (Å²) in [7, 11) is 0. The van der Waals surface area contributed by atoms with E-state index in [9.17, 15) is 4.79 Å². The topological polar surface area (TPSA) is 63.6 Å². The third-order valence-corrected chi connectivity index (χ3v) is 4.40. The van der Waals surface area contributed by atoms with E-state index in [1.54, 1.807) is 13.1 Å². The summed E-state index contributed by atoms with van der Waals surface area (Å²) in [6.45, 7) is 5.90. The van der Waals surface area contributed by atoms with E-state index in [1.165, 1.54) is 11.6 Å². The lowest BCUT2D eigenvalue weighted by molar-refractivity contribution is 0.564. The average Bonchev–Trinajstić information content (AvgIpc) is 3.03. The maximum Gasteiger partial charge on any atom is 0.251 e. The Morgan fingerprint density at radius 3 is 2.79 bits per heavy atom. The minimum Gasteiger partial charge on any atom is -0.311 e. The lowest BCUT2D eigenvalue weighted by atomic mass is 10.0. The second-order valence-corrected chi connectivity index (χ2v) is 6.22. The highest BCUT2D eigenvalue weighted by Gasteiger charge is 2.14. The first-order valence-corrected chi connectivity index (χ1v) is 8.26. The molecular formula is C18H19ClN4O. The maximum absolute atomic E-state index is 11.6. The van der Waals surface area contributed by atoms with E-state index in [1.807, 2.05) is 29.9 Å². The third-order valence-electron chi connectivity index (χ3n) is 4.08. The highest BCUT2D eigenvalue weighted by atomic mass is 35.5. The highest BCUT2D eigenvalue weighted by Crippen LogP contribution is 2.28. The molecule has 0 aliphatic rings. The van der Waals surface area contributed by atoms with Crippen LogP contribution in [0.4, 0.5) is 0 Å². The SMILES string of the molecule is CCc1ccc([C@H](C)n2cc(-c3cc(=O)[nH]c(C)n3)cn2)c(Cl)c1. The van der Waals surface area contributed by atoms with Crippen molar-refractivity contribution >= 4 is 11.6 Å². The van der Waals surface area contributed by atoms with Gasteiger partial charge < -0.3 is 4.98 Å². The van der Waals surface area contributed by atoms with E-state index in [-0.39, 0.29) is 11.6 Å². The average molecular weight is 343 g/mol. The van der Waals surface area contributed by atoms with Gasteiger partial charge in [-0.1, -0.05) is 30.7 Å². The van der Waals surface area contributed by atoms with Crippen molar-refractivity contribution in [3.05, 3.63) is 69.0 Å².